The third-order valence-electron chi connectivity index (χ3n) is 8.83. The fraction of sp³-hybridized carbons (Fsp3) is 0.630. The largest absolute Gasteiger partial charge is 0.512 e. The van der Waals surface area contributed by atoms with Gasteiger partial charge in [0.15, 0.2) is 0 Å². The van der Waals surface area contributed by atoms with Gasteiger partial charge in [0.05, 0.1) is 29.5 Å². The molecule has 0 bridgehead atoms. The molecule has 32 heavy (non-hydrogen) atoms. The molecule has 0 aromatic heterocycles. The highest BCUT2D eigenvalue weighted by atomic mass is 32.2. The predicted octanol–water partition coefficient (Wildman–Crippen LogP) is 4.84. The van der Waals surface area contributed by atoms with Crippen molar-refractivity contribution in [3.8, 4) is 0 Å². The van der Waals surface area contributed by atoms with Crippen molar-refractivity contribution in [1.29, 1.82) is 0 Å². The Bertz CT molecular complexity index is 877. The average Bonchev–Trinajstić information content (AvgIpc) is 3.22. The van der Waals surface area contributed by atoms with Crippen LogP contribution in [0.3, 0.4) is 0 Å². The molecule has 0 amide bonds. The van der Waals surface area contributed by atoms with Crippen LogP contribution in [-0.4, -0.2) is 41.2 Å². The Hall–Kier alpha value is -1.27. The van der Waals surface area contributed by atoms with Crippen molar-refractivity contribution in [2.75, 3.05) is 6.26 Å². The molecule has 2 aliphatic heterocycles. The number of hydrogen-bond acceptors (Lipinski definition) is 5. The fourth-order valence-electron chi connectivity index (χ4n) is 7.36. The summed E-state index contributed by atoms with van der Waals surface area (Å²) in [4.78, 5) is 0. The second kappa shape index (κ2) is 8.83. The third-order valence-corrected chi connectivity index (χ3v) is 9.72. The summed E-state index contributed by atoms with van der Waals surface area (Å²) in [6.07, 6.45) is 27.7. The van der Waals surface area contributed by atoms with E-state index in [4.69, 9.17) is 4.74 Å². The van der Waals surface area contributed by atoms with Crippen molar-refractivity contribution in [1.82, 2.24) is 10.6 Å². The van der Waals surface area contributed by atoms with E-state index in [0.29, 0.717) is 52.9 Å². The van der Waals surface area contributed by atoms with Gasteiger partial charge in [-0.15, -0.1) is 11.8 Å². The number of rotatable bonds is 3. The number of aliphatic hydroxyl groups is 1. The smallest absolute Gasteiger partial charge is 0.0943 e. The molecule has 3 fully saturated rings. The van der Waals surface area contributed by atoms with E-state index in [0.717, 1.165) is 32.1 Å². The Kier molecular flexibility index (Phi) is 5.87. The van der Waals surface area contributed by atoms with Crippen LogP contribution in [0.1, 0.15) is 38.5 Å². The average molecular weight is 453 g/mol. The van der Waals surface area contributed by atoms with Gasteiger partial charge in [-0.25, -0.2) is 0 Å². The van der Waals surface area contributed by atoms with Crippen LogP contribution in [0.5, 0.6) is 0 Å². The van der Waals surface area contributed by atoms with E-state index >= 15 is 0 Å². The summed E-state index contributed by atoms with van der Waals surface area (Å²) >= 11 is 1.91. The number of fused-ring (bicyclic) bond motifs is 5. The maximum absolute atomic E-state index is 10.6. The number of aliphatic hydroxyl groups excluding tert-OH is 1. The normalized spacial score (nSPS) is 47.3. The Morgan fingerprint density at radius 2 is 1.66 bits per heavy atom. The topological polar surface area (TPSA) is 53.5 Å². The van der Waals surface area contributed by atoms with Crippen molar-refractivity contribution in [3.05, 3.63) is 59.9 Å². The quantitative estimate of drug-likeness (QED) is 0.572. The van der Waals surface area contributed by atoms with Crippen LogP contribution in [0.4, 0.5) is 0 Å². The fourth-order valence-corrected chi connectivity index (χ4v) is 8.03. The second-order valence-corrected chi connectivity index (χ2v) is 11.4. The van der Waals surface area contributed by atoms with E-state index in [1.807, 2.05) is 11.8 Å². The first-order valence-electron chi connectivity index (χ1n) is 12.5. The molecule has 2 heterocycles. The van der Waals surface area contributed by atoms with Crippen LogP contribution in [0.25, 0.3) is 0 Å². The molecule has 0 spiro atoms. The Labute approximate surface area is 196 Å². The van der Waals surface area contributed by atoms with Gasteiger partial charge in [-0.3, -0.25) is 10.6 Å². The van der Waals surface area contributed by atoms with E-state index in [1.54, 1.807) is 0 Å². The zero-order chi connectivity index (χ0) is 21.7. The monoisotopic (exact) mass is 452 g/mol. The van der Waals surface area contributed by atoms with E-state index in [1.165, 1.54) is 12.0 Å². The summed E-state index contributed by atoms with van der Waals surface area (Å²) in [5, 5.41) is 18.8. The molecule has 5 heteroatoms. The number of hydrogen-bond donors (Lipinski definition) is 3. The summed E-state index contributed by atoms with van der Waals surface area (Å²) in [5.74, 6) is 3.33. The van der Waals surface area contributed by atoms with Gasteiger partial charge in [-0.05, 0) is 61.7 Å². The van der Waals surface area contributed by atoms with E-state index < -0.39 is 0 Å². The Morgan fingerprint density at radius 1 is 0.906 bits per heavy atom. The summed E-state index contributed by atoms with van der Waals surface area (Å²) in [5.41, 5.74) is 1.20. The van der Waals surface area contributed by atoms with E-state index in [-0.39, 0.29) is 12.3 Å². The van der Waals surface area contributed by atoms with Crippen LogP contribution in [-0.2, 0) is 4.74 Å². The van der Waals surface area contributed by atoms with Crippen molar-refractivity contribution in [2.24, 2.45) is 29.6 Å². The first-order valence-corrected chi connectivity index (χ1v) is 13.8. The van der Waals surface area contributed by atoms with Crippen molar-refractivity contribution < 1.29 is 9.84 Å². The maximum atomic E-state index is 10.6. The molecule has 4 aliphatic carbocycles. The maximum Gasteiger partial charge on any atom is 0.0943 e. The van der Waals surface area contributed by atoms with Gasteiger partial charge >= 0.3 is 0 Å². The highest BCUT2D eigenvalue weighted by Gasteiger charge is 2.54. The second-order valence-electron chi connectivity index (χ2n) is 10.4. The lowest BCUT2D eigenvalue weighted by atomic mass is 9.59. The molecule has 1 saturated carbocycles. The van der Waals surface area contributed by atoms with Crippen LogP contribution < -0.4 is 10.6 Å². The van der Waals surface area contributed by atoms with Gasteiger partial charge in [0.2, 0.25) is 0 Å². The first kappa shape index (κ1) is 21.3. The number of nitrogens with one attached hydrogen (secondary N) is 2. The van der Waals surface area contributed by atoms with Crippen molar-refractivity contribution in [3.63, 3.8) is 0 Å². The summed E-state index contributed by atoms with van der Waals surface area (Å²) < 4.78 is 6.66. The molecule has 0 aromatic carbocycles. The van der Waals surface area contributed by atoms with Crippen LogP contribution >= 0.6 is 11.8 Å². The standard InChI is InChI=1S/C27H36N2O2S/c1-32-25-15-21(28-27(29-25)18-10-4-6-12-22(18)30)20-14-24-26(17-9-3-2-8-16(17)20)19-11-5-7-13-23(19)31-24/h2-3,5,7-9,11,13,16-17,19-21,23-30H,4,6,10,12,14-15H2,1H3. The summed E-state index contributed by atoms with van der Waals surface area (Å²) in [6.45, 7) is 0. The van der Waals surface area contributed by atoms with E-state index in [2.05, 4.69) is 65.5 Å². The van der Waals surface area contributed by atoms with Gasteiger partial charge in [-0.1, -0.05) is 48.6 Å². The van der Waals surface area contributed by atoms with Crippen LogP contribution in [0.2, 0.25) is 0 Å². The van der Waals surface area contributed by atoms with Gasteiger partial charge < -0.3 is 9.84 Å². The molecule has 6 rings (SSSR count). The molecule has 10 unspecified atom stereocenters. The molecule has 3 N–H and O–H groups in total. The zero-order valence-corrected chi connectivity index (χ0v) is 19.7. The molecule has 2 saturated heterocycles. The van der Waals surface area contributed by atoms with Crippen molar-refractivity contribution >= 4 is 11.8 Å². The van der Waals surface area contributed by atoms with Crippen LogP contribution in [0.15, 0.2) is 59.9 Å². The van der Waals surface area contributed by atoms with Gasteiger partial charge in [-0.2, -0.15) is 0 Å². The number of allylic oxidation sites excluding steroid dienone is 7. The summed E-state index contributed by atoms with van der Waals surface area (Å²) in [6, 6.07) is 0.419. The molecule has 0 aromatic rings. The lowest BCUT2D eigenvalue weighted by Crippen LogP contribution is -2.62. The van der Waals surface area contributed by atoms with Gasteiger partial charge in [0.25, 0.3) is 0 Å². The minimum atomic E-state index is 0.0868. The Morgan fingerprint density at radius 3 is 2.47 bits per heavy atom. The Balaban J connectivity index is 1.29. The minimum absolute atomic E-state index is 0.0868. The summed E-state index contributed by atoms with van der Waals surface area (Å²) in [7, 11) is 0. The molecule has 4 nitrogen and oxygen atoms in total. The molecular weight excluding hydrogens is 416 g/mol. The molecule has 172 valence electrons. The number of thioether (sulfide) groups is 1. The van der Waals surface area contributed by atoms with E-state index in [9.17, 15) is 5.11 Å². The zero-order valence-electron chi connectivity index (χ0n) is 18.9. The molecule has 0 radical (unpaired) electrons. The highest BCUT2D eigenvalue weighted by Crippen LogP contribution is 2.53. The lowest BCUT2D eigenvalue weighted by molar-refractivity contribution is -0.0177. The lowest BCUT2D eigenvalue weighted by Gasteiger charge is -2.50. The van der Waals surface area contributed by atoms with Gasteiger partial charge in [0.1, 0.15) is 0 Å². The number of ether oxygens (including phenoxy) is 1. The van der Waals surface area contributed by atoms with Gasteiger partial charge in [0, 0.05) is 24.3 Å². The SMILES string of the molecule is CSC1CC(C2CC3OC4C=CC=CC4C3C3C=CC=CC32)NC(C2=C(O)CCCC2)N1. The van der Waals surface area contributed by atoms with Crippen molar-refractivity contribution in [2.45, 2.75) is 68.3 Å². The molecule has 6 aliphatic rings. The third kappa shape index (κ3) is 3.66. The molecular formula is C27H36N2O2S. The highest BCUT2D eigenvalue weighted by molar-refractivity contribution is 7.99. The van der Waals surface area contributed by atoms with Crippen LogP contribution in [0, 0.1) is 29.6 Å². The first-order chi connectivity index (χ1) is 15.7. The molecule has 10 atom stereocenters. The predicted molar refractivity (Wildman–Crippen MR) is 131 cm³/mol. The minimum Gasteiger partial charge on any atom is -0.512 e.